The molecule has 1 heterocycles. The Kier molecular flexibility index (Phi) is 8.54. The number of fused-ring (bicyclic) bond motifs is 1. The Morgan fingerprint density at radius 1 is 1.13 bits per heavy atom. The molecule has 1 fully saturated rings. The van der Waals surface area contributed by atoms with E-state index in [4.69, 9.17) is 17.3 Å². The second-order valence-electron chi connectivity index (χ2n) is 11.0. The van der Waals surface area contributed by atoms with Gasteiger partial charge in [-0.3, -0.25) is 9.59 Å². The molecule has 3 atom stereocenters. The summed E-state index contributed by atoms with van der Waals surface area (Å²) in [5.41, 5.74) is 6.61. The molecule has 5 N–H and O–H groups in total. The largest absolute Gasteiger partial charge is 0.477 e. The number of amides is 2. The monoisotopic (exact) mass is 552 g/mol. The topological polar surface area (TPSA) is 126 Å². The molecule has 0 radical (unpaired) electrons. The molecular formula is C30H37ClN4O4. The van der Waals surface area contributed by atoms with Crippen LogP contribution in [0, 0.1) is 11.8 Å². The molecular weight excluding hydrogens is 516 g/mol. The maximum Gasteiger partial charge on any atom is 0.352 e. The van der Waals surface area contributed by atoms with Crippen molar-refractivity contribution in [3.8, 4) is 0 Å². The van der Waals surface area contributed by atoms with Gasteiger partial charge in [0.2, 0.25) is 11.8 Å². The molecule has 2 aromatic carbocycles. The summed E-state index contributed by atoms with van der Waals surface area (Å²) >= 11 is 6.01. The fourth-order valence-corrected chi connectivity index (χ4v) is 6.34. The van der Waals surface area contributed by atoms with Crippen LogP contribution in [0.5, 0.6) is 0 Å². The molecule has 0 saturated heterocycles. The van der Waals surface area contributed by atoms with Crippen LogP contribution in [-0.2, 0) is 22.1 Å². The van der Waals surface area contributed by atoms with Gasteiger partial charge < -0.3 is 26.0 Å². The minimum atomic E-state index is -1.44. The van der Waals surface area contributed by atoms with Crippen molar-refractivity contribution in [1.82, 2.24) is 9.88 Å². The van der Waals surface area contributed by atoms with Crippen molar-refractivity contribution in [2.45, 2.75) is 57.4 Å². The van der Waals surface area contributed by atoms with E-state index in [2.05, 4.69) is 24.5 Å². The summed E-state index contributed by atoms with van der Waals surface area (Å²) in [5, 5.41) is 18.1. The molecule has 208 valence electrons. The number of nitrogens with two attached hydrogens (primary N) is 1. The number of carboxylic acid groups (broad SMARTS) is 1. The molecule has 39 heavy (non-hydrogen) atoms. The van der Waals surface area contributed by atoms with Crippen LogP contribution in [0.4, 0.5) is 5.69 Å². The average Bonchev–Trinajstić information content (AvgIpc) is 3.20. The highest BCUT2D eigenvalue weighted by molar-refractivity contribution is 6.30. The van der Waals surface area contributed by atoms with Gasteiger partial charge in [0.05, 0.1) is 11.3 Å². The van der Waals surface area contributed by atoms with Crippen molar-refractivity contribution in [3.05, 3.63) is 64.8 Å². The van der Waals surface area contributed by atoms with Crippen LogP contribution in [-0.4, -0.2) is 40.0 Å². The number of anilines is 1. The summed E-state index contributed by atoms with van der Waals surface area (Å²) in [6.45, 7) is 4.66. The van der Waals surface area contributed by atoms with Gasteiger partial charge in [0.15, 0.2) is 0 Å². The first-order valence-corrected chi connectivity index (χ1v) is 13.8. The molecule has 0 spiro atoms. The quantitative estimate of drug-likeness (QED) is 0.279. The van der Waals surface area contributed by atoms with Crippen molar-refractivity contribution in [3.63, 3.8) is 0 Å². The average molecular weight is 553 g/mol. The number of aromatic nitrogens is 1. The number of nitrogens with one attached hydrogen (secondary N) is 2. The normalized spacial score (nSPS) is 20.1. The lowest BCUT2D eigenvalue weighted by molar-refractivity contribution is -0.137. The highest BCUT2D eigenvalue weighted by Gasteiger charge is 2.54. The van der Waals surface area contributed by atoms with E-state index in [9.17, 15) is 19.5 Å². The second-order valence-corrected chi connectivity index (χ2v) is 11.4. The standard InChI is InChI=1S/C30H37ClN4O4/c1-18(2)16-21(17-33-20-13-11-19(31)12-14-20)34-27(36)23-9-6-7-15-30(23,29(32)39)25-22-8-4-5-10-24(22)35(3)26(25)28(37)38/h4-5,8,10-14,18,21,23,33H,6-7,9,15-17H2,1-3H3,(H2,32,39)(H,34,36)(H,37,38)/t21-,23-,30-/m0/s1. The molecule has 9 heteroatoms. The number of para-hydroxylation sites is 1. The molecule has 0 unspecified atom stereocenters. The van der Waals surface area contributed by atoms with Gasteiger partial charge in [-0.25, -0.2) is 4.79 Å². The second kappa shape index (κ2) is 11.7. The van der Waals surface area contributed by atoms with Crippen LogP contribution in [0.15, 0.2) is 48.5 Å². The van der Waals surface area contributed by atoms with Crippen molar-refractivity contribution in [2.75, 3.05) is 11.9 Å². The summed E-state index contributed by atoms with van der Waals surface area (Å²) in [5.74, 6) is -2.58. The third-order valence-electron chi connectivity index (χ3n) is 7.92. The van der Waals surface area contributed by atoms with Gasteiger partial charge in [-0.2, -0.15) is 0 Å². The number of carbonyl (C=O) groups excluding carboxylic acids is 2. The van der Waals surface area contributed by atoms with E-state index >= 15 is 0 Å². The summed E-state index contributed by atoms with van der Waals surface area (Å²) in [4.78, 5) is 40.0. The lowest BCUT2D eigenvalue weighted by atomic mass is 9.60. The molecule has 0 bridgehead atoms. The zero-order valence-corrected chi connectivity index (χ0v) is 23.4. The fraction of sp³-hybridized carbons (Fsp3) is 0.433. The third kappa shape index (κ3) is 5.62. The Morgan fingerprint density at radius 3 is 2.46 bits per heavy atom. The Balaban J connectivity index is 1.72. The number of rotatable bonds is 10. The van der Waals surface area contributed by atoms with Gasteiger partial charge in [-0.15, -0.1) is 0 Å². The van der Waals surface area contributed by atoms with Gasteiger partial charge in [-0.1, -0.05) is 56.5 Å². The summed E-state index contributed by atoms with van der Waals surface area (Å²) in [6.07, 6.45) is 2.89. The Morgan fingerprint density at radius 2 is 1.82 bits per heavy atom. The number of carboxylic acids is 1. The predicted octanol–water partition coefficient (Wildman–Crippen LogP) is 5.09. The molecule has 8 nitrogen and oxygen atoms in total. The van der Waals surface area contributed by atoms with Crippen molar-refractivity contribution in [1.29, 1.82) is 0 Å². The van der Waals surface area contributed by atoms with Crippen molar-refractivity contribution >= 4 is 46.0 Å². The van der Waals surface area contributed by atoms with Crippen LogP contribution >= 0.6 is 11.6 Å². The summed E-state index contributed by atoms with van der Waals surface area (Å²) in [6, 6.07) is 14.4. The fourth-order valence-electron chi connectivity index (χ4n) is 6.21. The van der Waals surface area contributed by atoms with E-state index in [0.29, 0.717) is 53.2 Å². The van der Waals surface area contributed by atoms with Crippen LogP contribution in [0.3, 0.4) is 0 Å². The minimum Gasteiger partial charge on any atom is -0.477 e. The molecule has 4 rings (SSSR count). The first kappa shape index (κ1) is 28.5. The number of halogens is 1. The van der Waals surface area contributed by atoms with Gasteiger partial charge >= 0.3 is 5.97 Å². The van der Waals surface area contributed by atoms with Crippen LogP contribution in [0.1, 0.15) is 62.0 Å². The van der Waals surface area contributed by atoms with E-state index in [1.54, 1.807) is 23.7 Å². The molecule has 3 aromatic rings. The molecule has 1 saturated carbocycles. The maximum atomic E-state index is 14.0. The Bertz CT molecular complexity index is 1370. The van der Waals surface area contributed by atoms with Gasteiger partial charge in [0, 0.05) is 46.8 Å². The van der Waals surface area contributed by atoms with Crippen molar-refractivity contribution < 1.29 is 19.5 Å². The first-order chi connectivity index (χ1) is 18.6. The number of aryl methyl sites for hydroxylation is 1. The predicted molar refractivity (Wildman–Crippen MR) is 154 cm³/mol. The first-order valence-electron chi connectivity index (χ1n) is 13.5. The molecule has 1 aromatic heterocycles. The molecule has 0 aliphatic heterocycles. The van der Waals surface area contributed by atoms with Gasteiger partial charge in [0.25, 0.3) is 0 Å². The number of benzene rings is 2. The Hall–Kier alpha value is -3.52. The number of nitrogens with zero attached hydrogens (tertiary/aromatic N) is 1. The maximum absolute atomic E-state index is 14.0. The van der Waals surface area contributed by atoms with E-state index in [1.165, 1.54) is 0 Å². The van der Waals surface area contributed by atoms with E-state index in [-0.39, 0.29) is 17.6 Å². The highest BCUT2D eigenvalue weighted by atomic mass is 35.5. The number of carbonyl (C=O) groups is 3. The number of aromatic carboxylic acids is 1. The van der Waals surface area contributed by atoms with Crippen LogP contribution < -0.4 is 16.4 Å². The van der Waals surface area contributed by atoms with Crippen LogP contribution in [0.25, 0.3) is 10.9 Å². The lowest BCUT2D eigenvalue weighted by Gasteiger charge is -2.42. The van der Waals surface area contributed by atoms with Gasteiger partial charge in [0.1, 0.15) is 5.69 Å². The minimum absolute atomic E-state index is 0.00200. The Labute approximate surface area is 233 Å². The number of hydrogen-bond acceptors (Lipinski definition) is 4. The molecule has 2 amide bonds. The van der Waals surface area contributed by atoms with E-state index in [0.717, 1.165) is 18.5 Å². The van der Waals surface area contributed by atoms with Gasteiger partial charge in [-0.05, 0) is 55.5 Å². The zero-order valence-electron chi connectivity index (χ0n) is 22.7. The zero-order chi connectivity index (χ0) is 28.3. The van der Waals surface area contributed by atoms with Crippen molar-refractivity contribution in [2.24, 2.45) is 24.6 Å². The molecule has 1 aliphatic carbocycles. The summed E-state index contributed by atoms with van der Waals surface area (Å²) in [7, 11) is 1.67. The lowest BCUT2D eigenvalue weighted by Crippen LogP contribution is -2.56. The highest BCUT2D eigenvalue weighted by Crippen LogP contribution is 2.48. The molecule has 1 aliphatic rings. The van der Waals surface area contributed by atoms with E-state index in [1.807, 2.05) is 36.4 Å². The number of primary amides is 1. The smallest absolute Gasteiger partial charge is 0.352 e. The summed E-state index contributed by atoms with van der Waals surface area (Å²) < 4.78 is 1.58. The number of hydrogen-bond donors (Lipinski definition) is 4. The SMILES string of the molecule is CC(C)C[C@@H](CNc1ccc(Cl)cc1)NC(=O)[C@@H]1CCCC[C@@]1(C(N)=O)c1c(C(=O)O)n(C)c2ccccc12. The van der Waals surface area contributed by atoms with Crippen LogP contribution in [0.2, 0.25) is 5.02 Å². The third-order valence-corrected chi connectivity index (χ3v) is 8.17. The van der Waals surface area contributed by atoms with E-state index < -0.39 is 23.2 Å².